The summed E-state index contributed by atoms with van der Waals surface area (Å²) < 4.78 is 10.7. The Hall–Kier alpha value is -2.01. The minimum absolute atomic E-state index is 0.0785. The summed E-state index contributed by atoms with van der Waals surface area (Å²) in [5.74, 6) is 1.98. The fraction of sp³-hybridized carbons (Fsp3) is 0.389. The van der Waals surface area contributed by atoms with Gasteiger partial charge in [0, 0.05) is 11.3 Å². The lowest BCUT2D eigenvalue weighted by molar-refractivity contribution is -0.122. The van der Waals surface area contributed by atoms with E-state index >= 15 is 0 Å². The molecule has 122 valence electrons. The third-order valence-electron chi connectivity index (χ3n) is 3.91. The molecule has 1 aliphatic rings. The molecule has 0 spiro atoms. The molecule has 0 saturated heterocycles. The number of nitrogens with one attached hydrogen (secondary N) is 1. The number of carbonyl (C=O) groups is 1. The summed E-state index contributed by atoms with van der Waals surface area (Å²) in [6, 6.07) is 10.0. The SMILES string of the molecule is CC(C)C(NC(=O)CCc1ccc2c(c1)OCO2)c1cccs1. The second kappa shape index (κ2) is 7.04. The number of thiophene rings is 1. The van der Waals surface area contributed by atoms with Crippen molar-refractivity contribution in [1.29, 1.82) is 0 Å². The number of amides is 1. The van der Waals surface area contributed by atoms with E-state index in [4.69, 9.17) is 9.47 Å². The van der Waals surface area contributed by atoms with Gasteiger partial charge in [0.15, 0.2) is 11.5 Å². The van der Waals surface area contributed by atoms with Gasteiger partial charge >= 0.3 is 0 Å². The van der Waals surface area contributed by atoms with Crippen LogP contribution in [-0.2, 0) is 11.2 Å². The third-order valence-corrected chi connectivity index (χ3v) is 4.87. The number of ether oxygens (including phenoxy) is 2. The van der Waals surface area contributed by atoms with Crippen LogP contribution >= 0.6 is 11.3 Å². The Morgan fingerprint density at radius 3 is 2.83 bits per heavy atom. The lowest BCUT2D eigenvalue weighted by Gasteiger charge is -2.21. The van der Waals surface area contributed by atoms with Gasteiger partial charge < -0.3 is 14.8 Å². The standard InChI is InChI=1S/C18H21NO3S/c1-12(2)18(16-4-3-9-23-16)19-17(20)8-6-13-5-7-14-15(10-13)22-11-21-14/h3-5,7,9-10,12,18H,6,8,11H2,1-2H3,(H,19,20). The van der Waals surface area contributed by atoms with Crippen molar-refractivity contribution in [2.24, 2.45) is 5.92 Å². The molecular weight excluding hydrogens is 310 g/mol. The number of hydrogen-bond donors (Lipinski definition) is 1. The first-order chi connectivity index (χ1) is 11.1. The van der Waals surface area contributed by atoms with Gasteiger partial charge in [0.1, 0.15) is 0 Å². The van der Waals surface area contributed by atoms with Crippen LogP contribution in [0.4, 0.5) is 0 Å². The maximum absolute atomic E-state index is 12.3. The predicted molar refractivity (Wildman–Crippen MR) is 90.9 cm³/mol. The quantitative estimate of drug-likeness (QED) is 0.872. The Morgan fingerprint density at radius 2 is 2.09 bits per heavy atom. The van der Waals surface area contributed by atoms with Gasteiger partial charge in [0.25, 0.3) is 0 Å². The molecule has 1 aromatic carbocycles. The highest BCUT2D eigenvalue weighted by Crippen LogP contribution is 2.32. The highest BCUT2D eigenvalue weighted by Gasteiger charge is 2.19. The summed E-state index contributed by atoms with van der Waals surface area (Å²) in [5.41, 5.74) is 1.08. The van der Waals surface area contributed by atoms with E-state index in [1.807, 2.05) is 29.6 Å². The monoisotopic (exact) mass is 331 g/mol. The molecule has 4 nitrogen and oxygen atoms in total. The van der Waals surface area contributed by atoms with Crippen molar-refractivity contribution >= 4 is 17.2 Å². The molecule has 1 N–H and O–H groups in total. The van der Waals surface area contributed by atoms with Crippen LogP contribution in [0.5, 0.6) is 11.5 Å². The number of benzene rings is 1. The van der Waals surface area contributed by atoms with Gasteiger partial charge in [-0.1, -0.05) is 26.0 Å². The number of hydrogen-bond acceptors (Lipinski definition) is 4. The summed E-state index contributed by atoms with van der Waals surface area (Å²) >= 11 is 1.68. The molecule has 1 aromatic heterocycles. The molecule has 2 aromatic rings. The maximum atomic E-state index is 12.3. The zero-order chi connectivity index (χ0) is 16.2. The van der Waals surface area contributed by atoms with E-state index in [1.54, 1.807) is 11.3 Å². The van der Waals surface area contributed by atoms with E-state index in [0.29, 0.717) is 18.8 Å². The molecule has 1 aliphatic heterocycles. The summed E-state index contributed by atoms with van der Waals surface area (Å²) in [6.45, 7) is 4.53. The average molecular weight is 331 g/mol. The molecule has 1 amide bonds. The van der Waals surface area contributed by atoms with E-state index in [2.05, 4.69) is 25.2 Å². The predicted octanol–water partition coefficient (Wildman–Crippen LogP) is 3.92. The van der Waals surface area contributed by atoms with Gasteiger partial charge in [-0.2, -0.15) is 0 Å². The minimum Gasteiger partial charge on any atom is -0.454 e. The van der Waals surface area contributed by atoms with Gasteiger partial charge in [-0.25, -0.2) is 0 Å². The van der Waals surface area contributed by atoms with Gasteiger partial charge in [0.05, 0.1) is 6.04 Å². The third kappa shape index (κ3) is 3.85. The molecule has 3 rings (SSSR count). The van der Waals surface area contributed by atoms with Crippen molar-refractivity contribution in [1.82, 2.24) is 5.32 Å². The van der Waals surface area contributed by atoms with E-state index < -0.39 is 0 Å². The zero-order valence-electron chi connectivity index (χ0n) is 13.4. The van der Waals surface area contributed by atoms with Crippen LogP contribution in [0.15, 0.2) is 35.7 Å². The van der Waals surface area contributed by atoms with Crippen molar-refractivity contribution in [3.63, 3.8) is 0 Å². The Labute approximate surface area is 140 Å². The molecule has 1 atom stereocenters. The Bertz CT molecular complexity index is 667. The molecular formula is C18H21NO3S. The van der Waals surface area contributed by atoms with Crippen LogP contribution in [0.3, 0.4) is 0 Å². The van der Waals surface area contributed by atoms with E-state index in [0.717, 1.165) is 17.1 Å². The maximum Gasteiger partial charge on any atom is 0.231 e. The Balaban J connectivity index is 1.56. The molecule has 0 bridgehead atoms. The number of aryl methyl sites for hydroxylation is 1. The van der Waals surface area contributed by atoms with Crippen molar-refractivity contribution < 1.29 is 14.3 Å². The lowest BCUT2D eigenvalue weighted by atomic mass is 10.0. The van der Waals surface area contributed by atoms with Crippen LogP contribution in [0.1, 0.15) is 36.8 Å². The van der Waals surface area contributed by atoms with Crippen molar-refractivity contribution in [2.45, 2.75) is 32.7 Å². The first kappa shape index (κ1) is 15.9. The van der Waals surface area contributed by atoms with Crippen molar-refractivity contribution in [2.75, 3.05) is 6.79 Å². The molecule has 0 radical (unpaired) electrons. The summed E-state index contributed by atoms with van der Waals surface area (Å²) in [4.78, 5) is 13.5. The summed E-state index contributed by atoms with van der Waals surface area (Å²) in [6.07, 6.45) is 1.16. The van der Waals surface area contributed by atoms with Gasteiger partial charge in [0.2, 0.25) is 12.7 Å². The average Bonchev–Trinajstić information content (AvgIpc) is 3.20. The van der Waals surface area contributed by atoms with Crippen molar-refractivity contribution in [3.05, 3.63) is 46.2 Å². The molecule has 5 heteroatoms. The fourth-order valence-electron chi connectivity index (χ4n) is 2.63. The van der Waals surface area contributed by atoms with Crippen LogP contribution in [-0.4, -0.2) is 12.7 Å². The van der Waals surface area contributed by atoms with Gasteiger partial charge in [-0.15, -0.1) is 11.3 Å². The molecule has 0 saturated carbocycles. The first-order valence-electron chi connectivity index (χ1n) is 7.85. The summed E-state index contributed by atoms with van der Waals surface area (Å²) in [7, 11) is 0. The van der Waals surface area contributed by atoms with Crippen LogP contribution < -0.4 is 14.8 Å². The Morgan fingerprint density at radius 1 is 1.26 bits per heavy atom. The van der Waals surface area contributed by atoms with Gasteiger partial charge in [-0.05, 0) is 41.5 Å². The molecule has 0 fully saturated rings. The molecule has 1 unspecified atom stereocenters. The largest absolute Gasteiger partial charge is 0.454 e. The molecule has 23 heavy (non-hydrogen) atoms. The number of rotatable bonds is 6. The Kier molecular flexibility index (Phi) is 4.86. The van der Waals surface area contributed by atoms with Crippen LogP contribution in [0.25, 0.3) is 0 Å². The van der Waals surface area contributed by atoms with E-state index in [-0.39, 0.29) is 18.7 Å². The number of carbonyl (C=O) groups excluding carboxylic acids is 1. The highest BCUT2D eigenvalue weighted by molar-refractivity contribution is 7.10. The first-order valence-corrected chi connectivity index (χ1v) is 8.73. The van der Waals surface area contributed by atoms with E-state index in [9.17, 15) is 4.79 Å². The fourth-order valence-corrected chi connectivity index (χ4v) is 3.58. The highest BCUT2D eigenvalue weighted by atomic mass is 32.1. The number of fused-ring (bicyclic) bond motifs is 1. The van der Waals surface area contributed by atoms with Gasteiger partial charge in [-0.3, -0.25) is 4.79 Å². The normalized spacial score (nSPS) is 14.0. The smallest absolute Gasteiger partial charge is 0.231 e. The van der Waals surface area contributed by atoms with Crippen molar-refractivity contribution in [3.8, 4) is 11.5 Å². The second-order valence-electron chi connectivity index (χ2n) is 5.99. The topological polar surface area (TPSA) is 47.6 Å². The minimum atomic E-state index is 0.0785. The molecule has 0 aliphatic carbocycles. The van der Waals surface area contributed by atoms with Crippen LogP contribution in [0, 0.1) is 5.92 Å². The lowest BCUT2D eigenvalue weighted by Crippen LogP contribution is -2.31. The van der Waals surface area contributed by atoms with E-state index in [1.165, 1.54) is 4.88 Å². The summed E-state index contributed by atoms with van der Waals surface area (Å²) in [5, 5.41) is 5.20. The van der Waals surface area contributed by atoms with Crippen LogP contribution in [0.2, 0.25) is 0 Å². The zero-order valence-corrected chi connectivity index (χ0v) is 14.2. The second-order valence-corrected chi connectivity index (χ2v) is 6.97. The molecule has 2 heterocycles.